The zero-order chi connectivity index (χ0) is 16.5. The van der Waals surface area contributed by atoms with E-state index in [1.807, 2.05) is 4.90 Å². The van der Waals surface area contributed by atoms with Crippen LogP contribution in [0.15, 0.2) is 36.9 Å². The van der Waals surface area contributed by atoms with Crippen LogP contribution >= 0.6 is 0 Å². The number of aromatic nitrogens is 5. The lowest BCUT2D eigenvalue weighted by molar-refractivity contribution is 0.102. The SMILES string of the molecule is O=C(Nc1cnccn1)c1cnc2ccc(N3CC[C@H](F)C3)nn12. The molecule has 122 valence electrons. The number of nitrogens with one attached hydrogen (secondary N) is 1. The minimum Gasteiger partial charge on any atom is -0.352 e. The fraction of sp³-hybridized carbons (Fsp3) is 0.267. The third kappa shape index (κ3) is 2.64. The van der Waals surface area contributed by atoms with Gasteiger partial charge in [0.05, 0.1) is 18.9 Å². The molecule has 9 heteroatoms. The van der Waals surface area contributed by atoms with Crippen LogP contribution in [0.1, 0.15) is 16.9 Å². The molecule has 1 aliphatic heterocycles. The van der Waals surface area contributed by atoms with Gasteiger partial charge < -0.3 is 10.2 Å². The normalized spacial score (nSPS) is 17.4. The molecule has 1 saturated heterocycles. The minimum absolute atomic E-state index is 0.272. The number of nitrogens with zero attached hydrogens (tertiary/aromatic N) is 6. The Labute approximate surface area is 136 Å². The lowest BCUT2D eigenvalue weighted by Gasteiger charge is -2.16. The van der Waals surface area contributed by atoms with Crippen LogP contribution in [0.3, 0.4) is 0 Å². The molecular weight excluding hydrogens is 313 g/mol. The summed E-state index contributed by atoms with van der Waals surface area (Å²) in [5.74, 6) is 0.570. The number of fused-ring (bicyclic) bond motifs is 1. The largest absolute Gasteiger partial charge is 0.352 e. The monoisotopic (exact) mass is 327 g/mol. The van der Waals surface area contributed by atoms with Crippen molar-refractivity contribution in [3.05, 3.63) is 42.6 Å². The number of amides is 1. The van der Waals surface area contributed by atoms with E-state index in [1.54, 1.807) is 12.1 Å². The first kappa shape index (κ1) is 14.5. The number of anilines is 2. The average molecular weight is 327 g/mol. The molecule has 1 amide bonds. The topological polar surface area (TPSA) is 88.3 Å². The van der Waals surface area contributed by atoms with Crippen molar-refractivity contribution < 1.29 is 9.18 Å². The highest BCUT2D eigenvalue weighted by molar-refractivity contribution is 6.02. The summed E-state index contributed by atoms with van der Waals surface area (Å²) in [7, 11) is 0. The second kappa shape index (κ2) is 5.84. The summed E-state index contributed by atoms with van der Waals surface area (Å²) < 4.78 is 14.8. The van der Waals surface area contributed by atoms with Crippen molar-refractivity contribution in [2.45, 2.75) is 12.6 Å². The molecule has 0 spiro atoms. The number of halogens is 1. The summed E-state index contributed by atoms with van der Waals surface area (Å²) in [4.78, 5) is 26.4. The van der Waals surface area contributed by atoms with Crippen LogP contribution in [0.2, 0.25) is 0 Å². The molecule has 0 bridgehead atoms. The van der Waals surface area contributed by atoms with E-state index in [2.05, 4.69) is 25.4 Å². The molecule has 0 radical (unpaired) electrons. The van der Waals surface area contributed by atoms with Crippen molar-refractivity contribution in [3.8, 4) is 0 Å². The number of hydrogen-bond donors (Lipinski definition) is 1. The number of imidazole rings is 1. The van der Waals surface area contributed by atoms with E-state index in [1.165, 1.54) is 29.3 Å². The highest BCUT2D eigenvalue weighted by atomic mass is 19.1. The Kier molecular flexibility index (Phi) is 3.52. The van der Waals surface area contributed by atoms with Gasteiger partial charge in [0.2, 0.25) is 0 Å². The second-order valence-corrected chi connectivity index (χ2v) is 5.48. The third-order valence-electron chi connectivity index (χ3n) is 3.84. The number of rotatable bonds is 3. The van der Waals surface area contributed by atoms with Gasteiger partial charge in [0, 0.05) is 18.9 Å². The Morgan fingerprint density at radius 2 is 2.17 bits per heavy atom. The third-order valence-corrected chi connectivity index (χ3v) is 3.84. The molecule has 0 unspecified atom stereocenters. The average Bonchev–Trinajstić information content (AvgIpc) is 3.21. The van der Waals surface area contributed by atoms with Crippen molar-refractivity contribution in [2.75, 3.05) is 23.3 Å². The highest BCUT2D eigenvalue weighted by Gasteiger charge is 2.24. The minimum atomic E-state index is -0.843. The number of alkyl halides is 1. The number of hydrogen-bond acceptors (Lipinski definition) is 6. The molecule has 0 aliphatic carbocycles. The van der Waals surface area contributed by atoms with Crippen LogP contribution in [0.4, 0.5) is 16.0 Å². The Balaban J connectivity index is 1.64. The van der Waals surface area contributed by atoms with Gasteiger partial charge in [-0.1, -0.05) is 0 Å². The molecule has 1 aliphatic rings. The first-order valence-corrected chi connectivity index (χ1v) is 7.52. The van der Waals surface area contributed by atoms with Crippen molar-refractivity contribution in [1.82, 2.24) is 24.6 Å². The van der Waals surface area contributed by atoms with Crippen LogP contribution in [0.25, 0.3) is 5.65 Å². The Hall–Kier alpha value is -3.10. The van der Waals surface area contributed by atoms with Crippen molar-refractivity contribution in [3.63, 3.8) is 0 Å². The molecule has 1 atom stereocenters. The first-order chi connectivity index (χ1) is 11.7. The fourth-order valence-corrected chi connectivity index (χ4v) is 2.66. The quantitative estimate of drug-likeness (QED) is 0.780. The van der Waals surface area contributed by atoms with Crippen LogP contribution in [-0.4, -0.2) is 49.7 Å². The van der Waals surface area contributed by atoms with Crippen molar-refractivity contribution in [2.24, 2.45) is 0 Å². The van der Waals surface area contributed by atoms with Crippen LogP contribution in [0, 0.1) is 0 Å². The van der Waals surface area contributed by atoms with Crippen molar-refractivity contribution in [1.29, 1.82) is 0 Å². The van der Waals surface area contributed by atoms with E-state index >= 15 is 0 Å². The fourth-order valence-electron chi connectivity index (χ4n) is 2.66. The molecule has 4 heterocycles. The van der Waals surface area contributed by atoms with Gasteiger partial charge in [0.1, 0.15) is 12.0 Å². The molecule has 3 aromatic rings. The zero-order valence-corrected chi connectivity index (χ0v) is 12.6. The van der Waals surface area contributed by atoms with E-state index < -0.39 is 12.1 Å². The van der Waals surface area contributed by atoms with Gasteiger partial charge in [0.15, 0.2) is 17.2 Å². The summed E-state index contributed by atoms with van der Waals surface area (Å²) in [6.45, 7) is 0.920. The van der Waals surface area contributed by atoms with Gasteiger partial charge in [-0.3, -0.25) is 9.78 Å². The van der Waals surface area contributed by atoms with E-state index in [0.717, 1.165) is 0 Å². The first-order valence-electron chi connectivity index (χ1n) is 7.52. The predicted molar refractivity (Wildman–Crippen MR) is 84.7 cm³/mol. The van der Waals surface area contributed by atoms with Gasteiger partial charge in [-0.15, -0.1) is 5.10 Å². The highest BCUT2D eigenvalue weighted by Crippen LogP contribution is 2.20. The van der Waals surface area contributed by atoms with Crippen molar-refractivity contribution >= 4 is 23.2 Å². The summed E-state index contributed by atoms with van der Waals surface area (Å²) in [5.41, 5.74) is 0.813. The molecule has 3 aromatic heterocycles. The maximum atomic E-state index is 13.4. The summed E-state index contributed by atoms with van der Waals surface area (Å²) in [6, 6.07) is 3.54. The van der Waals surface area contributed by atoms with Gasteiger partial charge >= 0.3 is 0 Å². The zero-order valence-electron chi connectivity index (χ0n) is 12.6. The summed E-state index contributed by atoms with van der Waals surface area (Å²) >= 11 is 0. The van der Waals surface area contributed by atoms with E-state index in [9.17, 15) is 9.18 Å². The Morgan fingerprint density at radius 1 is 1.25 bits per heavy atom. The number of carbonyl (C=O) groups is 1. The predicted octanol–water partition coefficient (Wildman–Crippen LogP) is 1.32. The lowest BCUT2D eigenvalue weighted by atomic mass is 10.3. The van der Waals surface area contributed by atoms with E-state index in [-0.39, 0.29) is 5.69 Å². The smallest absolute Gasteiger partial charge is 0.277 e. The molecule has 0 aromatic carbocycles. The van der Waals surface area contributed by atoms with Crippen LogP contribution in [-0.2, 0) is 0 Å². The Bertz CT molecular complexity index is 882. The summed E-state index contributed by atoms with van der Waals surface area (Å²) in [6.07, 6.45) is 5.55. The second-order valence-electron chi connectivity index (χ2n) is 5.48. The Morgan fingerprint density at radius 3 is 2.92 bits per heavy atom. The standard InChI is InChI=1S/C15H14FN7O/c16-10-3-6-22(9-10)14-2-1-13-19-7-11(23(13)21-14)15(24)20-12-8-17-4-5-18-12/h1-2,4-5,7-8,10H,3,6,9H2,(H,18,20,24)/t10-/m0/s1. The van der Waals surface area contributed by atoms with Gasteiger partial charge in [-0.25, -0.2) is 18.9 Å². The molecular formula is C15H14FN7O. The lowest BCUT2D eigenvalue weighted by Crippen LogP contribution is -2.23. The molecule has 8 nitrogen and oxygen atoms in total. The molecule has 1 N–H and O–H groups in total. The maximum absolute atomic E-state index is 13.4. The van der Waals surface area contributed by atoms with Crippen LogP contribution in [0.5, 0.6) is 0 Å². The van der Waals surface area contributed by atoms with Gasteiger partial charge in [-0.2, -0.15) is 0 Å². The van der Waals surface area contributed by atoms with Gasteiger partial charge in [0.25, 0.3) is 5.91 Å². The van der Waals surface area contributed by atoms with Crippen LogP contribution < -0.4 is 10.2 Å². The number of carbonyl (C=O) groups excluding carboxylic acids is 1. The molecule has 0 saturated carbocycles. The maximum Gasteiger partial charge on any atom is 0.277 e. The molecule has 4 rings (SSSR count). The van der Waals surface area contributed by atoms with Gasteiger partial charge in [-0.05, 0) is 18.6 Å². The van der Waals surface area contributed by atoms with E-state index in [0.29, 0.717) is 36.8 Å². The van der Waals surface area contributed by atoms with E-state index in [4.69, 9.17) is 0 Å². The summed E-state index contributed by atoms with van der Waals surface area (Å²) in [5, 5.41) is 7.08. The molecule has 1 fully saturated rings. The molecule has 24 heavy (non-hydrogen) atoms.